The Morgan fingerprint density at radius 1 is 0.700 bits per heavy atom. The average molecular weight is 1250 g/mol. The summed E-state index contributed by atoms with van der Waals surface area (Å²) in [4.78, 5) is 167. The Morgan fingerprint density at radius 2 is 1.31 bits per heavy atom. The van der Waals surface area contributed by atoms with Crippen LogP contribution in [-0.4, -0.2) is 202 Å². The predicted octanol–water partition coefficient (Wildman–Crippen LogP) is 7.56. The van der Waals surface area contributed by atoms with Crippen molar-refractivity contribution < 1.29 is 62.2 Å². The first-order chi connectivity index (χ1) is 42.3. The number of carbonyl (C=O) groups is 11. The summed E-state index contributed by atoms with van der Waals surface area (Å²) < 4.78 is 11.0. The number of likely N-dealkylation sites (tertiary alicyclic amines) is 1. The fourth-order valence-corrected chi connectivity index (χ4v) is 12.9. The Bertz CT molecular complexity index is 2840. The van der Waals surface area contributed by atoms with Crippen LogP contribution >= 0.6 is 0 Å². The summed E-state index contributed by atoms with van der Waals surface area (Å²) in [5, 5.41) is 2.88. The lowest BCUT2D eigenvalue weighted by Crippen LogP contribution is -2.65. The monoisotopic (exact) mass is 1250 g/mol. The fourth-order valence-electron chi connectivity index (χ4n) is 12.9. The van der Waals surface area contributed by atoms with Crippen LogP contribution < -0.4 is 5.32 Å². The number of nitrogens with zero attached hydrogens (tertiary/aromatic N) is 7. The lowest BCUT2D eigenvalue weighted by molar-refractivity contribution is -0.162. The van der Waals surface area contributed by atoms with Gasteiger partial charge in [-0.25, -0.2) is 4.79 Å². The number of nitrogens with one attached hydrogen (secondary N) is 1. The highest BCUT2D eigenvalue weighted by Gasteiger charge is 2.50. The maximum atomic E-state index is 15.0. The first-order valence-corrected chi connectivity index (χ1v) is 32.5. The Labute approximate surface area is 534 Å². The van der Waals surface area contributed by atoms with Crippen LogP contribution in [0, 0.1) is 30.6 Å². The van der Waals surface area contributed by atoms with Crippen molar-refractivity contribution in [2.45, 2.75) is 220 Å². The van der Waals surface area contributed by atoms with Gasteiger partial charge in [0.2, 0.25) is 41.4 Å². The van der Waals surface area contributed by atoms with Gasteiger partial charge in [-0.3, -0.25) is 47.9 Å². The van der Waals surface area contributed by atoms with Crippen LogP contribution in [0.5, 0.6) is 0 Å². The minimum Gasteiger partial charge on any atom is -0.459 e. The molecule has 0 unspecified atom stereocenters. The van der Waals surface area contributed by atoms with Crippen LogP contribution in [0.2, 0.25) is 0 Å². The maximum absolute atomic E-state index is 15.0. The molecule has 0 bridgehead atoms. The number of likely N-dealkylation sites (N-methyl/N-ethyl adjacent to an activating group) is 6. The smallest absolute Gasteiger partial charge is 0.408 e. The number of ketones is 2. The maximum Gasteiger partial charge on any atom is 0.408 e. The van der Waals surface area contributed by atoms with Gasteiger partial charge in [0, 0.05) is 67.1 Å². The van der Waals surface area contributed by atoms with E-state index in [9.17, 15) is 47.9 Å². The highest BCUT2D eigenvalue weighted by Crippen LogP contribution is 2.37. The normalized spacial score (nSPS) is 17.9. The molecular weight excluding hydrogens is 1150 g/mol. The Hall–Kier alpha value is -7.19. The summed E-state index contributed by atoms with van der Waals surface area (Å²) in [5.74, 6) is -6.54. The highest BCUT2D eigenvalue weighted by atomic mass is 16.6. The van der Waals surface area contributed by atoms with Gasteiger partial charge in [-0.2, -0.15) is 0 Å². The van der Waals surface area contributed by atoms with E-state index in [4.69, 9.17) is 9.47 Å². The van der Waals surface area contributed by atoms with Crippen molar-refractivity contribution in [3.63, 3.8) is 0 Å². The lowest BCUT2D eigenvalue weighted by atomic mass is 9.83. The molecule has 8 amide bonds. The predicted molar refractivity (Wildman–Crippen MR) is 342 cm³/mol. The molecule has 0 aromatic heterocycles. The van der Waals surface area contributed by atoms with E-state index in [0.29, 0.717) is 51.4 Å². The Morgan fingerprint density at radius 3 is 1.84 bits per heavy atom. The van der Waals surface area contributed by atoms with Crippen molar-refractivity contribution in [2.24, 2.45) is 23.7 Å². The lowest BCUT2D eigenvalue weighted by Gasteiger charge is -2.45. The number of esters is 1. The van der Waals surface area contributed by atoms with Gasteiger partial charge < -0.3 is 49.1 Å². The van der Waals surface area contributed by atoms with E-state index >= 15 is 4.79 Å². The molecule has 1 heterocycles. The van der Waals surface area contributed by atoms with Gasteiger partial charge in [0.05, 0.1) is 18.5 Å². The summed E-state index contributed by atoms with van der Waals surface area (Å²) in [7, 11) is 7.48. The van der Waals surface area contributed by atoms with Crippen LogP contribution in [0.25, 0.3) is 0 Å². The molecule has 1 aliphatic heterocycles. The molecule has 3 fully saturated rings. The molecule has 5 rings (SSSR count). The van der Waals surface area contributed by atoms with Gasteiger partial charge in [-0.15, -0.1) is 0 Å². The molecule has 0 radical (unpaired) electrons. The van der Waals surface area contributed by atoms with Crippen LogP contribution in [0.15, 0.2) is 54.6 Å². The van der Waals surface area contributed by atoms with Gasteiger partial charge in [-0.1, -0.05) is 120 Å². The molecule has 3 aliphatic rings. The molecule has 8 atom stereocenters. The largest absolute Gasteiger partial charge is 0.459 e. The van der Waals surface area contributed by atoms with Gasteiger partial charge >= 0.3 is 12.1 Å². The number of carbonyl (C=O) groups excluding carboxylic acids is 11. The average Bonchev–Trinajstić information content (AvgIpc) is 1.21. The highest BCUT2D eigenvalue weighted by molar-refractivity contribution is 5.99. The summed E-state index contributed by atoms with van der Waals surface area (Å²) in [6.45, 7) is 19.3. The fraction of sp³-hybridized carbons (Fsp3) is 0.667. The molecule has 2 aromatic carbocycles. The summed E-state index contributed by atoms with van der Waals surface area (Å²) in [5.41, 5.74) is 0.480. The molecule has 1 saturated heterocycles. The third-order valence-corrected chi connectivity index (χ3v) is 18.8. The first-order valence-electron chi connectivity index (χ1n) is 32.5. The van der Waals surface area contributed by atoms with E-state index in [1.54, 1.807) is 41.7 Å². The zero-order valence-electron chi connectivity index (χ0n) is 56.6. The van der Waals surface area contributed by atoms with Crippen molar-refractivity contribution in [3.8, 4) is 0 Å². The van der Waals surface area contributed by atoms with Crippen LogP contribution in [0.1, 0.15) is 169 Å². The van der Waals surface area contributed by atoms with Crippen molar-refractivity contribution in [3.05, 3.63) is 71.3 Å². The zero-order chi connectivity index (χ0) is 67.1. The molecular formula is C69H104N8O13. The summed E-state index contributed by atoms with van der Waals surface area (Å²) >= 11 is 0. The van der Waals surface area contributed by atoms with Gasteiger partial charge in [-0.05, 0) is 116 Å². The summed E-state index contributed by atoms with van der Waals surface area (Å²) in [6.07, 6.45) is 4.66. The van der Waals surface area contributed by atoms with E-state index in [2.05, 4.69) is 5.32 Å². The number of rotatable bonds is 30. The molecule has 21 nitrogen and oxygen atoms in total. The topological polar surface area (TPSA) is 241 Å². The van der Waals surface area contributed by atoms with E-state index in [1.807, 2.05) is 89.2 Å². The quantitative estimate of drug-likeness (QED) is 0.0744. The van der Waals surface area contributed by atoms with Crippen molar-refractivity contribution in [1.29, 1.82) is 0 Å². The van der Waals surface area contributed by atoms with Gasteiger partial charge in [0.1, 0.15) is 48.5 Å². The standard InChI is InChI=1S/C69H104N8O13/c1-17-46(6)52(62(83)72(13)47(7)61(82)77-37-34-53(77)64(85)76(18-2)56(39-49-32-30-45(5)31-33-49)63(84)71(12)42-59(81)90-68(9,10)11)40-57(79)55(38-44(3)4)73(14)58(80)41-54(48(8)78)74(15)65(86)60(51-28-22-23-29-51)75(16)66(87)69(35-24-25-36-69)70-67(88)89-43-50-26-20-19-21-27-50/h19-21,26-27,30-33,44,46-47,51-56,60H,17-18,22-25,28-29,34-43H2,1-16H3,(H,70,88)/t46-,47-,52-,53-,54-,55-,56-,60-/m0/s1. The van der Waals surface area contributed by atoms with E-state index in [-0.39, 0.29) is 63.3 Å². The number of benzene rings is 2. The number of hydrogen-bond donors (Lipinski definition) is 1. The number of alkyl carbamates (subject to hydrolysis) is 1. The second-order valence-electron chi connectivity index (χ2n) is 27.0. The van der Waals surface area contributed by atoms with Crippen molar-refractivity contribution in [2.75, 3.05) is 54.9 Å². The SMILES string of the molecule is CC[C@H](C)[C@H](CC(=O)[C@H](CC(C)C)N(C)C(=O)C[C@@H](C(C)=O)N(C)C(=O)[C@H](C1CCCC1)N(C)C(=O)C1(NC(=O)OCc2ccccc2)CCCC1)C(=O)N(C)[C@@H](C)C(=O)N1CC[C@H]1C(=O)N(CC)[C@@H](Cc1ccc(C)cc1)C(=O)N(C)CC(=O)OC(C)(C)C. The minimum absolute atomic E-state index is 0.00393. The third-order valence-electron chi connectivity index (χ3n) is 18.8. The van der Waals surface area contributed by atoms with E-state index < -0.39 is 125 Å². The second-order valence-corrected chi connectivity index (χ2v) is 27.0. The number of aryl methyl sites for hydroxylation is 1. The van der Waals surface area contributed by atoms with Crippen LogP contribution in [0.4, 0.5) is 4.79 Å². The van der Waals surface area contributed by atoms with Crippen molar-refractivity contribution >= 4 is 65.0 Å². The zero-order valence-corrected chi connectivity index (χ0v) is 56.6. The number of hydrogen-bond acceptors (Lipinski definition) is 13. The molecule has 2 saturated carbocycles. The molecule has 0 spiro atoms. The molecule has 21 heteroatoms. The molecule has 2 aliphatic carbocycles. The number of Topliss-reactive ketones (excluding diaryl/α,β-unsaturated/α-hetero) is 2. The molecule has 1 N–H and O–H groups in total. The first kappa shape index (κ1) is 73.5. The van der Waals surface area contributed by atoms with Crippen LogP contribution in [0.3, 0.4) is 0 Å². The Kier molecular flexibility index (Phi) is 26.7. The van der Waals surface area contributed by atoms with Crippen molar-refractivity contribution in [1.82, 2.24) is 39.6 Å². The number of ether oxygens (including phenoxy) is 2. The third kappa shape index (κ3) is 19.0. The van der Waals surface area contributed by atoms with Crippen LogP contribution in [-0.2, 0) is 70.4 Å². The molecule has 2 aromatic rings. The molecule has 90 heavy (non-hydrogen) atoms. The minimum atomic E-state index is -1.32. The van der Waals surface area contributed by atoms with Gasteiger partial charge in [0.15, 0.2) is 11.6 Å². The summed E-state index contributed by atoms with van der Waals surface area (Å²) in [6, 6.07) is 10.4. The van der Waals surface area contributed by atoms with E-state index in [1.165, 1.54) is 69.4 Å². The molecule has 498 valence electrons. The van der Waals surface area contributed by atoms with E-state index in [0.717, 1.165) is 29.5 Å². The van der Waals surface area contributed by atoms with Gasteiger partial charge in [0.25, 0.3) is 0 Å². The second kappa shape index (κ2) is 32.7. The Balaban J connectivity index is 1.30. The number of amides is 8.